The van der Waals surface area contributed by atoms with E-state index in [0.29, 0.717) is 24.6 Å². The number of aliphatic hydroxyl groups is 1. The summed E-state index contributed by atoms with van der Waals surface area (Å²) in [7, 11) is 1.69. The van der Waals surface area contributed by atoms with Crippen LogP contribution >= 0.6 is 0 Å². The van der Waals surface area contributed by atoms with E-state index in [-0.39, 0.29) is 0 Å². The highest BCUT2D eigenvalue weighted by molar-refractivity contribution is 5.32. The molecule has 110 valence electrons. The molecular weight excluding hydrogens is 252 g/mol. The molecule has 20 heavy (non-hydrogen) atoms. The van der Waals surface area contributed by atoms with E-state index in [1.165, 1.54) is 0 Å². The van der Waals surface area contributed by atoms with Crippen molar-refractivity contribution in [3.8, 4) is 6.07 Å². The van der Waals surface area contributed by atoms with Gasteiger partial charge in [-0.2, -0.15) is 5.26 Å². The number of nitriles is 1. The molecule has 0 radical (unpaired) electrons. The summed E-state index contributed by atoms with van der Waals surface area (Å²) in [6.07, 6.45) is -0.543. The third-order valence-electron chi connectivity index (χ3n) is 3.09. The van der Waals surface area contributed by atoms with Gasteiger partial charge in [0.2, 0.25) is 0 Å². The van der Waals surface area contributed by atoms with Crippen molar-refractivity contribution in [2.24, 2.45) is 5.92 Å². The zero-order valence-electron chi connectivity index (χ0n) is 12.5. The minimum atomic E-state index is -0.543. The summed E-state index contributed by atoms with van der Waals surface area (Å²) in [4.78, 5) is 2.21. The average molecular weight is 276 g/mol. The molecule has 0 saturated heterocycles. The van der Waals surface area contributed by atoms with Crippen molar-refractivity contribution in [1.29, 1.82) is 5.26 Å². The lowest BCUT2D eigenvalue weighted by Crippen LogP contribution is -2.34. The van der Waals surface area contributed by atoms with Gasteiger partial charge in [0.1, 0.15) is 0 Å². The quantitative estimate of drug-likeness (QED) is 0.791. The second kappa shape index (κ2) is 8.70. The van der Waals surface area contributed by atoms with Crippen molar-refractivity contribution in [3.63, 3.8) is 0 Å². The molecule has 4 nitrogen and oxygen atoms in total. The first-order valence-electron chi connectivity index (χ1n) is 6.96. The highest BCUT2D eigenvalue weighted by atomic mass is 16.5. The lowest BCUT2D eigenvalue weighted by Gasteiger charge is -2.26. The van der Waals surface area contributed by atoms with Gasteiger partial charge in [0.05, 0.1) is 24.3 Å². The zero-order chi connectivity index (χ0) is 15.0. The minimum absolute atomic E-state index is 0.542. The van der Waals surface area contributed by atoms with Gasteiger partial charge in [-0.15, -0.1) is 0 Å². The third kappa shape index (κ3) is 5.70. The van der Waals surface area contributed by atoms with E-state index < -0.39 is 6.10 Å². The van der Waals surface area contributed by atoms with E-state index in [1.807, 2.05) is 12.1 Å². The minimum Gasteiger partial charge on any atom is -0.387 e. The van der Waals surface area contributed by atoms with Crippen molar-refractivity contribution in [1.82, 2.24) is 4.90 Å². The molecule has 0 aliphatic heterocycles. The first-order valence-corrected chi connectivity index (χ1v) is 6.96. The van der Waals surface area contributed by atoms with Crippen LogP contribution in [0.5, 0.6) is 0 Å². The van der Waals surface area contributed by atoms with Crippen molar-refractivity contribution >= 4 is 0 Å². The van der Waals surface area contributed by atoms with Crippen LogP contribution in [0.15, 0.2) is 24.3 Å². The molecule has 0 amide bonds. The molecule has 0 aromatic heterocycles. The molecule has 1 aromatic rings. The van der Waals surface area contributed by atoms with Crippen LogP contribution in [-0.4, -0.2) is 43.4 Å². The van der Waals surface area contributed by atoms with E-state index in [9.17, 15) is 5.11 Å². The predicted octanol–water partition coefficient (Wildman–Crippen LogP) is 2.20. The van der Waals surface area contributed by atoms with E-state index in [0.717, 1.165) is 18.7 Å². The molecule has 0 spiro atoms. The SMILES string of the molecule is COCCN(CC(C)C)CC(O)c1ccc(C#N)cc1. The summed E-state index contributed by atoms with van der Waals surface area (Å²) >= 11 is 0. The number of benzene rings is 1. The first-order chi connectivity index (χ1) is 9.56. The molecule has 0 heterocycles. The average Bonchev–Trinajstić information content (AvgIpc) is 2.44. The number of rotatable bonds is 8. The standard InChI is InChI=1S/C16H24N2O2/c1-13(2)11-18(8-9-20-3)12-16(19)15-6-4-14(10-17)5-7-15/h4-7,13,16,19H,8-9,11-12H2,1-3H3. The van der Waals surface area contributed by atoms with E-state index in [2.05, 4.69) is 24.8 Å². The van der Waals surface area contributed by atoms with Crippen molar-refractivity contribution in [2.45, 2.75) is 20.0 Å². The van der Waals surface area contributed by atoms with Gasteiger partial charge in [-0.1, -0.05) is 26.0 Å². The maximum atomic E-state index is 10.3. The smallest absolute Gasteiger partial charge is 0.0991 e. The van der Waals surface area contributed by atoms with Gasteiger partial charge in [-0.25, -0.2) is 0 Å². The Morgan fingerprint density at radius 3 is 2.40 bits per heavy atom. The molecule has 0 bridgehead atoms. The largest absolute Gasteiger partial charge is 0.387 e. The molecule has 0 aliphatic rings. The summed E-state index contributed by atoms with van der Waals surface area (Å²) in [5.41, 5.74) is 1.45. The highest BCUT2D eigenvalue weighted by Gasteiger charge is 2.14. The lowest BCUT2D eigenvalue weighted by atomic mass is 10.1. The van der Waals surface area contributed by atoms with Crippen LogP contribution in [0.25, 0.3) is 0 Å². The Kier molecular flexibility index (Phi) is 7.24. The maximum Gasteiger partial charge on any atom is 0.0991 e. The van der Waals surface area contributed by atoms with Gasteiger partial charge in [0.25, 0.3) is 0 Å². The Balaban J connectivity index is 2.63. The number of hydrogen-bond acceptors (Lipinski definition) is 4. The van der Waals surface area contributed by atoms with Crippen LogP contribution < -0.4 is 0 Å². The van der Waals surface area contributed by atoms with Crippen molar-refractivity contribution in [2.75, 3.05) is 33.4 Å². The molecule has 0 saturated carbocycles. The maximum absolute atomic E-state index is 10.3. The summed E-state index contributed by atoms with van der Waals surface area (Å²) in [5.74, 6) is 0.542. The Hall–Kier alpha value is -1.41. The Morgan fingerprint density at radius 2 is 1.90 bits per heavy atom. The molecule has 0 fully saturated rings. The number of methoxy groups -OCH3 is 1. The van der Waals surface area contributed by atoms with Gasteiger partial charge >= 0.3 is 0 Å². The van der Waals surface area contributed by atoms with Gasteiger partial charge < -0.3 is 9.84 Å². The fourth-order valence-electron chi connectivity index (χ4n) is 2.12. The van der Waals surface area contributed by atoms with Crippen LogP contribution in [0, 0.1) is 17.2 Å². The topological polar surface area (TPSA) is 56.5 Å². The van der Waals surface area contributed by atoms with Gasteiger partial charge in [-0.3, -0.25) is 4.90 Å². The molecule has 4 heteroatoms. The fourth-order valence-corrected chi connectivity index (χ4v) is 2.12. The normalized spacial score (nSPS) is 12.7. The third-order valence-corrected chi connectivity index (χ3v) is 3.09. The Labute approximate surface area is 121 Å². The summed E-state index contributed by atoms with van der Waals surface area (Å²) in [6.45, 7) is 7.29. The zero-order valence-corrected chi connectivity index (χ0v) is 12.5. The monoisotopic (exact) mass is 276 g/mol. The highest BCUT2D eigenvalue weighted by Crippen LogP contribution is 2.15. The van der Waals surface area contributed by atoms with Gasteiger partial charge in [0, 0.05) is 26.7 Å². The van der Waals surface area contributed by atoms with Crippen LogP contribution in [0.2, 0.25) is 0 Å². The molecule has 1 unspecified atom stereocenters. The van der Waals surface area contributed by atoms with Crippen molar-refractivity contribution < 1.29 is 9.84 Å². The molecule has 1 aromatic carbocycles. The summed E-state index contributed by atoms with van der Waals surface area (Å²) in [5, 5.41) is 19.1. The Morgan fingerprint density at radius 1 is 1.25 bits per heavy atom. The summed E-state index contributed by atoms with van der Waals surface area (Å²) in [6, 6.07) is 9.18. The first kappa shape index (κ1) is 16.6. The molecule has 1 atom stereocenters. The van der Waals surface area contributed by atoms with Crippen LogP contribution in [0.1, 0.15) is 31.1 Å². The van der Waals surface area contributed by atoms with Crippen LogP contribution in [0.3, 0.4) is 0 Å². The van der Waals surface area contributed by atoms with E-state index >= 15 is 0 Å². The summed E-state index contributed by atoms with van der Waals surface area (Å²) < 4.78 is 5.11. The Bertz CT molecular complexity index is 423. The van der Waals surface area contributed by atoms with Crippen LogP contribution in [0.4, 0.5) is 0 Å². The fraction of sp³-hybridized carbons (Fsp3) is 0.562. The van der Waals surface area contributed by atoms with Crippen molar-refractivity contribution in [3.05, 3.63) is 35.4 Å². The molecule has 1 N–H and O–H groups in total. The molecule has 0 aliphatic carbocycles. The molecular formula is C16H24N2O2. The lowest BCUT2D eigenvalue weighted by molar-refractivity contribution is 0.0825. The second-order valence-corrected chi connectivity index (χ2v) is 5.40. The number of ether oxygens (including phenoxy) is 1. The predicted molar refractivity (Wildman–Crippen MR) is 79.3 cm³/mol. The van der Waals surface area contributed by atoms with E-state index in [4.69, 9.17) is 10.00 Å². The number of hydrogen-bond donors (Lipinski definition) is 1. The van der Waals surface area contributed by atoms with E-state index in [1.54, 1.807) is 19.2 Å². The van der Waals surface area contributed by atoms with Gasteiger partial charge in [0.15, 0.2) is 0 Å². The number of nitrogens with zero attached hydrogens (tertiary/aromatic N) is 2. The van der Waals surface area contributed by atoms with Crippen LogP contribution in [-0.2, 0) is 4.74 Å². The molecule has 1 rings (SSSR count). The van der Waals surface area contributed by atoms with Gasteiger partial charge in [-0.05, 0) is 23.6 Å². The second-order valence-electron chi connectivity index (χ2n) is 5.40. The number of aliphatic hydroxyl groups excluding tert-OH is 1.